The Morgan fingerprint density at radius 3 is 2.65 bits per heavy atom. The summed E-state index contributed by atoms with van der Waals surface area (Å²) in [4.78, 5) is 25.6. The van der Waals surface area contributed by atoms with Crippen LogP contribution >= 0.6 is 0 Å². The number of amides is 1. The normalized spacial score (nSPS) is 11.0. The van der Waals surface area contributed by atoms with Crippen molar-refractivity contribution in [1.82, 2.24) is 5.32 Å². The molecule has 0 spiro atoms. The molecule has 0 bridgehead atoms. The van der Waals surface area contributed by atoms with Crippen molar-refractivity contribution >= 4 is 11.7 Å². The minimum absolute atomic E-state index is 0.261. The van der Waals surface area contributed by atoms with Gasteiger partial charge in [0.05, 0.1) is 12.1 Å². The number of nitrogens with one attached hydrogen (secondary N) is 1. The van der Waals surface area contributed by atoms with Gasteiger partial charge >= 0.3 is 0 Å². The number of allylic oxidation sites excluding steroid dienone is 1. The van der Waals surface area contributed by atoms with Crippen molar-refractivity contribution in [2.24, 2.45) is 5.11 Å². The van der Waals surface area contributed by atoms with Gasteiger partial charge < -0.3 is 5.32 Å². The van der Waals surface area contributed by atoms with E-state index in [1.54, 1.807) is 19.9 Å². The highest BCUT2D eigenvalue weighted by Crippen LogP contribution is 2.04. The number of carbonyl (C=O) groups excluding carboxylic acids is 2. The van der Waals surface area contributed by atoms with Crippen molar-refractivity contribution in [1.29, 1.82) is 0 Å². The number of nitrogens with zero attached hydrogens (tertiary/aromatic N) is 3. The SMILES string of the molecule is CCCC=CC(=O)NC(C)(C)C(=O)CN=[N+]=[N-]. The van der Waals surface area contributed by atoms with E-state index >= 15 is 0 Å². The van der Waals surface area contributed by atoms with E-state index in [4.69, 9.17) is 5.53 Å². The van der Waals surface area contributed by atoms with Crippen molar-refractivity contribution in [3.8, 4) is 0 Å². The van der Waals surface area contributed by atoms with Crippen LogP contribution in [-0.4, -0.2) is 23.8 Å². The molecule has 0 rings (SSSR count). The Hall–Kier alpha value is -1.81. The number of hydrogen-bond donors (Lipinski definition) is 1. The van der Waals surface area contributed by atoms with Gasteiger partial charge in [0, 0.05) is 4.91 Å². The number of carbonyl (C=O) groups is 2. The van der Waals surface area contributed by atoms with Crippen molar-refractivity contribution in [3.05, 3.63) is 22.6 Å². The Kier molecular flexibility index (Phi) is 6.67. The second kappa shape index (κ2) is 7.46. The summed E-state index contributed by atoms with van der Waals surface area (Å²) in [5.41, 5.74) is 7.09. The van der Waals surface area contributed by atoms with Crippen LogP contribution in [-0.2, 0) is 9.59 Å². The van der Waals surface area contributed by atoms with Gasteiger partial charge in [-0.3, -0.25) is 9.59 Å². The fraction of sp³-hybridized carbons (Fsp3) is 0.636. The molecule has 0 aliphatic carbocycles. The first-order valence-electron chi connectivity index (χ1n) is 5.47. The van der Waals surface area contributed by atoms with Crippen LogP contribution in [0, 0.1) is 0 Å². The molecule has 0 radical (unpaired) electrons. The topological polar surface area (TPSA) is 94.9 Å². The number of ketones is 1. The standard InChI is InChI=1S/C11H18N4O2/c1-4-5-6-7-10(17)14-11(2,3)9(16)8-13-15-12/h6-7H,4-5,8H2,1-3H3,(H,14,17). The molecule has 0 unspecified atom stereocenters. The first-order valence-corrected chi connectivity index (χ1v) is 5.47. The molecule has 0 aliphatic heterocycles. The minimum atomic E-state index is -1.03. The lowest BCUT2D eigenvalue weighted by Crippen LogP contribution is -2.50. The highest BCUT2D eigenvalue weighted by Gasteiger charge is 2.27. The fourth-order valence-corrected chi connectivity index (χ4v) is 1.07. The summed E-state index contributed by atoms with van der Waals surface area (Å²) >= 11 is 0. The molecule has 0 aromatic carbocycles. The van der Waals surface area contributed by atoms with E-state index in [-0.39, 0.29) is 18.2 Å². The summed E-state index contributed by atoms with van der Waals surface area (Å²) in [6.45, 7) is 4.90. The Morgan fingerprint density at radius 1 is 1.47 bits per heavy atom. The monoisotopic (exact) mass is 238 g/mol. The van der Waals surface area contributed by atoms with Gasteiger partial charge in [0.15, 0.2) is 5.78 Å². The number of unbranched alkanes of at least 4 members (excludes halogenated alkanes) is 1. The largest absolute Gasteiger partial charge is 0.341 e. The molecule has 6 heteroatoms. The van der Waals surface area contributed by atoms with Crippen LogP contribution in [0.4, 0.5) is 0 Å². The third-order valence-corrected chi connectivity index (χ3v) is 2.13. The second-order valence-corrected chi connectivity index (χ2v) is 4.12. The Bertz CT molecular complexity index is 354. The number of Topliss-reactive ketones (excluding diaryl/α,β-unsaturated/α-hetero) is 1. The molecule has 1 amide bonds. The highest BCUT2D eigenvalue weighted by molar-refractivity contribution is 5.96. The van der Waals surface area contributed by atoms with Gasteiger partial charge in [-0.1, -0.05) is 24.5 Å². The second-order valence-electron chi connectivity index (χ2n) is 4.12. The number of azide groups is 1. The molecule has 94 valence electrons. The molecule has 17 heavy (non-hydrogen) atoms. The maximum absolute atomic E-state index is 11.6. The van der Waals surface area contributed by atoms with Crippen molar-refractivity contribution in [2.45, 2.75) is 39.2 Å². The van der Waals surface area contributed by atoms with E-state index < -0.39 is 5.54 Å². The van der Waals surface area contributed by atoms with Crippen molar-refractivity contribution < 1.29 is 9.59 Å². The van der Waals surface area contributed by atoms with E-state index in [2.05, 4.69) is 15.3 Å². The van der Waals surface area contributed by atoms with Crippen LogP contribution < -0.4 is 5.32 Å². The van der Waals surface area contributed by atoms with Gasteiger partial charge in [-0.15, -0.1) is 0 Å². The van der Waals surface area contributed by atoms with Gasteiger partial charge in [0.25, 0.3) is 0 Å². The predicted octanol–water partition coefficient (Wildman–Crippen LogP) is 2.12. The molecule has 1 N–H and O–H groups in total. The van der Waals surface area contributed by atoms with Crippen molar-refractivity contribution in [2.75, 3.05) is 6.54 Å². The summed E-state index contributed by atoms with van der Waals surface area (Å²) in [6.07, 6.45) is 4.94. The number of rotatable bonds is 7. The quantitative estimate of drug-likeness (QED) is 0.318. The molecule has 0 atom stereocenters. The minimum Gasteiger partial charge on any atom is -0.341 e. The van der Waals surface area contributed by atoms with Crippen LogP contribution in [0.1, 0.15) is 33.6 Å². The average Bonchev–Trinajstić information content (AvgIpc) is 2.25. The lowest BCUT2D eigenvalue weighted by Gasteiger charge is -2.23. The highest BCUT2D eigenvalue weighted by atomic mass is 16.2. The summed E-state index contributed by atoms with van der Waals surface area (Å²) in [7, 11) is 0. The molecule has 0 aromatic rings. The van der Waals surface area contributed by atoms with Crippen LogP contribution in [0.15, 0.2) is 17.3 Å². The Morgan fingerprint density at radius 2 is 2.12 bits per heavy atom. The first-order chi connectivity index (χ1) is 7.94. The summed E-state index contributed by atoms with van der Waals surface area (Å²) in [6, 6.07) is 0. The molecule has 6 nitrogen and oxygen atoms in total. The van der Waals surface area contributed by atoms with Gasteiger partial charge in [0.1, 0.15) is 0 Å². The van der Waals surface area contributed by atoms with Gasteiger partial charge in [-0.2, -0.15) is 0 Å². The van der Waals surface area contributed by atoms with E-state index in [1.165, 1.54) is 6.08 Å². The van der Waals surface area contributed by atoms with E-state index in [0.29, 0.717) is 0 Å². The Balaban J connectivity index is 4.37. The van der Waals surface area contributed by atoms with E-state index in [1.807, 2.05) is 6.92 Å². The molecular weight excluding hydrogens is 220 g/mol. The van der Waals surface area contributed by atoms with Gasteiger partial charge in [-0.25, -0.2) is 0 Å². The smallest absolute Gasteiger partial charge is 0.244 e. The zero-order valence-electron chi connectivity index (χ0n) is 10.4. The van der Waals surface area contributed by atoms with Gasteiger partial charge in [0.2, 0.25) is 5.91 Å². The van der Waals surface area contributed by atoms with E-state index in [0.717, 1.165) is 12.8 Å². The van der Waals surface area contributed by atoms with Crippen molar-refractivity contribution in [3.63, 3.8) is 0 Å². The number of hydrogen-bond acceptors (Lipinski definition) is 3. The summed E-state index contributed by atoms with van der Waals surface area (Å²) < 4.78 is 0. The third-order valence-electron chi connectivity index (χ3n) is 2.13. The molecule has 0 aromatic heterocycles. The Labute approximate surface area is 101 Å². The molecule has 0 saturated heterocycles. The van der Waals surface area contributed by atoms with Crippen LogP contribution in [0.3, 0.4) is 0 Å². The third kappa shape index (κ3) is 6.37. The molecule has 0 fully saturated rings. The molecular formula is C11H18N4O2. The molecule has 0 saturated carbocycles. The lowest BCUT2D eigenvalue weighted by atomic mass is 9.99. The summed E-state index contributed by atoms with van der Waals surface area (Å²) in [5, 5.41) is 5.75. The van der Waals surface area contributed by atoms with Crippen LogP contribution in [0.2, 0.25) is 0 Å². The first kappa shape index (κ1) is 15.2. The average molecular weight is 238 g/mol. The van der Waals surface area contributed by atoms with Crippen LogP contribution in [0.25, 0.3) is 10.4 Å². The zero-order valence-corrected chi connectivity index (χ0v) is 10.4. The lowest BCUT2D eigenvalue weighted by molar-refractivity contribution is -0.128. The maximum Gasteiger partial charge on any atom is 0.244 e. The maximum atomic E-state index is 11.6. The molecule has 0 aliphatic rings. The predicted molar refractivity (Wildman–Crippen MR) is 65.3 cm³/mol. The van der Waals surface area contributed by atoms with Crippen LogP contribution in [0.5, 0.6) is 0 Å². The van der Waals surface area contributed by atoms with Gasteiger partial charge in [-0.05, 0) is 31.9 Å². The molecule has 0 heterocycles. The summed E-state index contributed by atoms with van der Waals surface area (Å²) in [5.74, 6) is -0.648. The zero-order chi connectivity index (χ0) is 13.3. The fourth-order valence-electron chi connectivity index (χ4n) is 1.07. The van der Waals surface area contributed by atoms with E-state index in [9.17, 15) is 9.59 Å².